The molecule has 5 heteroatoms. The lowest BCUT2D eigenvalue weighted by Crippen LogP contribution is -2.55. The van der Waals surface area contributed by atoms with Gasteiger partial charge in [-0.15, -0.1) is 0 Å². The van der Waals surface area contributed by atoms with Crippen LogP contribution in [0.4, 0.5) is 0 Å². The number of hydrogen-bond donors (Lipinski definition) is 2. The lowest BCUT2D eigenvalue weighted by Gasteiger charge is -2.28. The maximum absolute atomic E-state index is 12.2. The van der Waals surface area contributed by atoms with E-state index in [1.165, 1.54) is 0 Å². The van der Waals surface area contributed by atoms with Crippen molar-refractivity contribution in [1.29, 1.82) is 0 Å². The Bertz CT molecular complexity index is 697. The largest absolute Gasteiger partial charge is 0.508 e. The molecular weight excluding hydrogens is 294 g/mol. The molecule has 2 atom stereocenters. The summed E-state index contributed by atoms with van der Waals surface area (Å²) in [6.07, 6.45) is -0.0891. The van der Waals surface area contributed by atoms with Crippen LogP contribution < -0.4 is 5.32 Å². The summed E-state index contributed by atoms with van der Waals surface area (Å²) in [7, 11) is 0. The van der Waals surface area contributed by atoms with Crippen LogP contribution in [0.1, 0.15) is 11.1 Å². The number of cyclic esters (lactones) is 1. The highest BCUT2D eigenvalue weighted by atomic mass is 16.6. The minimum Gasteiger partial charge on any atom is -0.508 e. The molecule has 0 aliphatic carbocycles. The fourth-order valence-corrected chi connectivity index (χ4v) is 2.56. The predicted octanol–water partition coefficient (Wildman–Crippen LogP) is 1.59. The molecule has 5 nitrogen and oxygen atoms in total. The van der Waals surface area contributed by atoms with Crippen LogP contribution >= 0.6 is 0 Å². The van der Waals surface area contributed by atoms with Crippen molar-refractivity contribution < 1.29 is 19.4 Å². The molecule has 2 N–H and O–H groups in total. The summed E-state index contributed by atoms with van der Waals surface area (Å²) in [5.74, 6) is -0.553. The number of phenols is 1. The molecule has 0 aromatic heterocycles. The number of carbonyl (C=O) groups excluding carboxylic acids is 2. The van der Waals surface area contributed by atoms with Crippen molar-refractivity contribution in [2.75, 3.05) is 0 Å². The lowest BCUT2D eigenvalue weighted by molar-refractivity contribution is -0.165. The van der Waals surface area contributed by atoms with Gasteiger partial charge in [-0.3, -0.25) is 4.79 Å². The van der Waals surface area contributed by atoms with Gasteiger partial charge in [0.2, 0.25) is 0 Å². The maximum Gasteiger partial charge on any atom is 0.329 e. The monoisotopic (exact) mass is 311 g/mol. The molecule has 0 bridgehead atoms. The van der Waals surface area contributed by atoms with Gasteiger partial charge >= 0.3 is 5.97 Å². The van der Waals surface area contributed by atoms with Crippen molar-refractivity contribution in [3.63, 3.8) is 0 Å². The molecule has 1 fully saturated rings. The summed E-state index contributed by atoms with van der Waals surface area (Å²) < 4.78 is 5.31. The Labute approximate surface area is 133 Å². The summed E-state index contributed by atoms with van der Waals surface area (Å²) in [6.45, 7) is 0. The van der Waals surface area contributed by atoms with Gasteiger partial charge in [-0.1, -0.05) is 42.5 Å². The van der Waals surface area contributed by atoms with E-state index in [0.29, 0.717) is 12.8 Å². The van der Waals surface area contributed by atoms with E-state index >= 15 is 0 Å². The summed E-state index contributed by atoms with van der Waals surface area (Å²) in [5, 5.41) is 12.0. The molecule has 2 aromatic rings. The number of rotatable bonds is 4. The SMILES string of the molecule is O=C1O[C@@H](Cc2ccccc2)C(=O)N[C@H]1Cc1ccc(O)cc1. The van der Waals surface area contributed by atoms with Crippen LogP contribution in [-0.2, 0) is 27.2 Å². The van der Waals surface area contributed by atoms with E-state index in [0.717, 1.165) is 11.1 Å². The van der Waals surface area contributed by atoms with Crippen LogP contribution in [0.5, 0.6) is 5.75 Å². The molecule has 1 saturated heterocycles. The highest BCUT2D eigenvalue weighted by Crippen LogP contribution is 2.16. The van der Waals surface area contributed by atoms with E-state index in [2.05, 4.69) is 5.32 Å². The third-order valence-corrected chi connectivity index (χ3v) is 3.79. The van der Waals surface area contributed by atoms with Gasteiger partial charge in [0.05, 0.1) is 0 Å². The van der Waals surface area contributed by atoms with Crippen LogP contribution in [0, 0.1) is 0 Å². The zero-order valence-electron chi connectivity index (χ0n) is 12.4. The first-order valence-electron chi connectivity index (χ1n) is 7.44. The van der Waals surface area contributed by atoms with Crippen LogP contribution in [0.15, 0.2) is 54.6 Å². The Kier molecular flexibility index (Phi) is 4.28. The Hall–Kier alpha value is -2.82. The molecule has 1 aliphatic heterocycles. The minimum atomic E-state index is -0.791. The third-order valence-electron chi connectivity index (χ3n) is 3.79. The minimum absolute atomic E-state index is 0.159. The Morgan fingerprint density at radius 1 is 0.913 bits per heavy atom. The van der Waals surface area contributed by atoms with E-state index in [4.69, 9.17) is 4.74 Å². The predicted molar refractivity (Wildman–Crippen MR) is 83.8 cm³/mol. The molecular formula is C18H17NO4. The van der Waals surface area contributed by atoms with Crippen molar-refractivity contribution in [2.45, 2.75) is 25.0 Å². The zero-order chi connectivity index (χ0) is 16.2. The van der Waals surface area contributed by atoms with E-state index in [1.807, 2.05) is 30.3 Å². The number of esters is 1. The standard InChI is InChI=1S/C18H17NO4/c20-14-8-6-13(7-9-14)10-15-18(22)23-16(17(21)19-15)11-12-4-2-1-3-5-12/h1-9,15-16,20H,10-11H2,(H,19,21)/t15-,16-/m0/s1. The molecule has 0 unspecified atom stereocenters. The highest BCUT2D eigenvalue weighted by Gasteiger charge is 2.35. The van der Waals surface area contributed by atoms with Crippen molar-refractivity contribution in [1.82, 2.24) is 5.32 Å². The number of phenolic OH excluding ortho intramolecular Hbond substituents is 1. The summed E-state index contributed by atoms with van der Waals surface area (Å²) in [6, 6.07) is 15.3. The summed E-state index contributed by atoms with van der Waals surface area (Å²) >= 11 is 0. The second-order valence-electron chi connectivity index (χ2n) is 5.55. The zero-order valence-corrected chi connectivity index (χ0v) is 12.4. The molecule has 23 heavy (non-hydrogen) atoms. The average molecular weight is 311 g/mol. The van der Waals surface area contributed by atoms with Crippen LogP contribution in [0.3, 0.4) is 0 Å². The van der Waals surface area contributed by atoms with Crippen molar-refractivity contribution in [3.05, 3.63) is 65.7 Å². The first-order valence-corrected chi connectivity index (χ1v) is 7.44. The smallest absolute Gasteiger partial charge is 0.329 e. The van der Waals surface area contributed by atoms with Gasteiger partial charge < -0.3 is 15.2 Å². The third kappa shape index (κ3) is 3.69. The van der Waals surface area contributed by atoms with Gasteiger partial charge in [-0.05, 0) is 23.3 Å². The van der Waals surface area contributed by atoms with Crippen molar-refractivity contribution in [2.24, 2.45) is 0 Å². The van der Waals surface area contributed by atoms with Gasteiger partial charge in [-0.25, -0.2) is 4.79 Å². The number of morpholine rings is 1. The topological polar surface area (TPSA) is 75.6 Å². The normalized spacial score (nSPS) is 20.7. The molecule has 0 saturated carbocycles. The number of benzene rings is 2. The molecule has 0 radical (unpaired) electrons. The van der Waals surface area contributed by atoms with Crippen LogP contribution in [0.2, 0.25) is 0 Å². The molecule has 1 heterocycles. The Morgan fingerprint density at radius 3 is 2.26 bits per heavy atom. The number of carbonyl (C=O) groups is 2. The summed E-state index contributed by atoms with van der Waals surface area (Å²) in [4.78, 5) is 24.3. The van der Waals surface area contributed by atoms with Crippen molar-refractivity contribution in [3.8, 4) is 5.75 Å². The van der Waals surface area contributed by atoms with E-state index in [1.54, 1.807) is 24.3 Å². The van der Waals surface area contributed by atoms with Crippen LogP contribution in [0.25, 0.3) is 0 Å². The molecule has 1 amide bonds. The number of nitrogens with one attached hydrogen (secondary N) is 1. The van der Waals surface area contributed by atoms with Crippen LogP contribution in [-0.4, -0.2) is 29.1 Å². The average Bonchev–Trinajstić information content (AvgIpc) is 2.55. The number of hydrogen-bond acceptors (Lipinski definition) is 4. The van der Waals surface area contributed by atoms with E-state index < -0.39 is 18.1 Å². The molecule has 0 spiro atoms. The van der Waals surface area contributed by atoms with Gasteiger partial charge in [0, 0.05) is 12.8 Å². The molecule has 118 valence electrons. The highest BCUT2D eigenvalue weighted by molar-refractivity contribution is 5.92. The molecule has 2 aromatic carbocycles. The van der Waals surface area contributed by atoms with E-state index in [9.17, 15) is 14.7 Å². The second kappa shape index (κ2) is 6.52. The number of ether oxygens (including phenoxy) is 1. The van der Waals surface area contributed by atoms with Gasteiger partial charge in [-0.2, -0.15) is 0 Å². The van der Waals surface area contributed by atoms with Gasteiger partial charge in [0.15, 0.2) is 6.10 Å². The second-order valence-corrected chi connectivity index (χ2v) is 5.55. The Morgan fingerprint density at radius 2 is 1.57 bits per heavy atom. The first kappa shape index (κ1) is 15.1. The van der Waals surface area contributed by atoms with Gasteiger partial charge in [0.25, 0.3) is 5.91 Å². The maximum atomic E-state index is 12.2. The quantitative estimate of drug-likeness (QED) is 0.841. The molecule has 3 rings (SSSR count). The lowest BCUT2D eigenvalue weighted by atomic mass is 10.0. The first-order chi connectivity index (χ1) is 11.1. The van der Waals surface area contributed by atoms with Crippen molar-refractivity contribution >= 4 is 11.9 Å². The molecule has 1 aliphatic rings. The summed E-state index contributed by atoms with van der Waals surface area (Å²) in [5.41, 5.74) is 1.78. The fraction of sp³-hybridized carbons (Fsp3) is 0.222. The number of amides is 1. The van der Waals surface area contributed by atoms with Gasteiger partial charge in [0.1, 0.15) is 11.8 Å². The Balaban J connectivity index is 1.64. The number of aromatic hydroxyl groups is 1. The van der Waals surface area contributed by atoms with E-state index in [-0.39, 0.29) is 11.7 Å². The fourth-order valence-electron chi connectivity index (χ4n) is 2.56.